The zero-order valence-corrected chi connectivity index (χ0v) is 32.6. The Morgan fingerprint density at radius 1 is 0.564 bits per heavy atom. The van der Waals surface area contributed by atoms with Gasteiger partial charge in [-0.1, -0.05) is 142 Å². The number of rotatable bonds is 3. The number of fused-ring (bicyclic) bond motifs is 13. The van der Waals surface area contributed by atoms with Gasteiger partial charge >= 0.3 is 0 Å². The van der Waals surface area contributed by atoms with Crippen LogP contribution in [0.3, 0.4) is 0 Å². The van der Waals surface area contributed by atoms with E-state index in [0.717, 1.165) is 30.0 Å². The molecule has 7 aromatic rings. The Kier molecular flexibility index (Phi) is 6.84. The minimum absolute atomic E-state index is 0.165. The normalized spacial score (nSPS) is 19.8. The number of benzene rings is 7. The molecule has 0 amide bonds. The molecule has 2 heteroatoms. The van der Waals surface area contributed by atoms with Crippen LogP contribution in [-0.2, 0) is 16.4 Å². The van der Waals surface area contributed by atoms with Crippen molar-refractivity contribution in [2.45, 2.75) is 70.3 Å². The highest BCUT2D eigenvalue weighted by Gasteiger charge is 2.45. The van der Waals surface area contributed by atoms with Crippen LogP contribution in [-0.4, -0.2) is 13.1 Å². The lowest BCUT2D eigenvalue weighted by Crippen LogP contribution is -2.35. The molecular weight excluding hydrogens is 667 g/mol. The molecule has 55 heavy (non-hydrogen) atoms. The first kappa shape index (κ1) is 32.8. The zero-order valence-electron chi connectivity index (χ0n) is 32.6. The molecule has 1 saturated heterocycles. The topological polar surface area (TPSA) is 12.5 Å². The molecule has 2 heterocycles. The molecule has 270 valence electrons. The van der Waals surface area contributed by atoms with Crippen LogP contribution < -0.4 is 9.64 Å². The molecule has 7 aromatic carbocycles. The summed E-state index contributed by atoms with van der Waals surface area (Å²) in [6.07, 6.45) is 8.62. The smallest absolute Gasteiger partial charge is 0.178 e. The van der Waals surface area contributed by atoms with E-state index in [1.54, 1.807) is 0 Å². The third kappa shape index (κ3) is 4.49. The number of nitrogens with zero attached hydrogens (tertiary/aromatic N) is 1. The second-order valence-corrected chi connectivity index (χ2v) is 17.6. The van der Waals surface area contributed by atoms with Crippen LogP contribution in [0.5, 0.6) is 5.75 Å². The summed E-state index contributed by atoms with van der Waals surface area (Å²) in [5, 5.41) is 5.03. The van der Waals surface area contributed by atoms with Crippen molar-refractivity contribution in [3.8, 4) is 28.0 Å². The van der Waals surface area contributed by atoms with Crippen molar-refractivity contribution in [2.24, 2.45) is 0 Å². The van der Waals surface area contributed by atoms with Crippen molar-refractivity contribution in [3.63, 3.8) is 0 Å². The first-order valence-electron chi connectivity index (χ1n) is 20.3. The van der Waals surface area contributed by atoms with Gasteiger partial charge in [-0.2, -0.15) is 0 Å². The van der Waals surface area contributed by atoms with Crippen LogP contribution >= 0.6 is 0 Å². The Balaban J connectivity index is 1.14. The first-order chi connectivity index (χ1) is 26.7. The molecule has 0 saturated carbocycles. The van der Waals surface area contributed by atoms with Gasteiger partial charge in [0.15, 0.2) is 5.60 Å². The number of piperidine rings is 1. The molecule has 0 bridgehead atoms. The van der Waals surface area contributed by atoms with E-state index in [9.17, 15) is 0 Å². The summed E-state index contributed by atoms with van der Waals surface area (Å²) >= 11 is 0. The van der Waals surface area contributed by atoms with Crippen LogP contribution in [0.1, 0.15) is 91.5 Å². The highest BCUT2D eigenvalue weighted by Crippen LogP contribution is 2.59. The van der Waals surface area contributed by atoms with Crippen molar-refractivity contribution in [1.29, 1.82) is 0 Å². The third-order valence-corrected chi connectivity index (χ3v) is 13.7. The lowest BCUT2D eigenvalue weighted by atomic mass is 9.75. The van der Waals surface area contributed by atoms with Crippen molar-refractivity contribution < 1.29 is 4.74 Å². The number of anilines is 1. The number of ether oxygens (including phenoxy) is 1. The van der Waals surface area contributed by atoms with Crippen molar-refractivity contribution in [1.82, 2.24) is 0 Å². The maximum absolute atomic E-state index is 7.81. The van der Waals surface area contributed by atoms with Crippen molar-refractivity contribution >= 4 is 33.3 Å². The van der Waals surface area contributed by atoms with Gasteiger partial charge in [-0.25, -0.2) is 0 Å². The van der Waals surface area contributed by atoms with E-state index in [-0.39, 0.29) is 10.8 Å². The van der Waals surface area contributed by atoms with Gasteiger partial charge in [0, 0.05) is 51.7 Å². The van der Waals surface area contributed by atoms with E-state index in [1.807, 2.05) is 0 Å². The molecule has 2 nitrogen and oxygen atoms in total. The number of hydrogen-bond donors (Lipinski definition) is 0. The van der Waals surface area contributed by atoms with E-state index in [4.69, 9.17) is 4.74 Å². The molecule has 0 aromatic heterocycles. The third-order valence-electron chi connectivity index (χ3n) is 13.7. The predicted octanol–water partition coefficient (Wildman–Crippen LogP) is 13.3. The van der Waals surface area contributed by atoms with Crippen LogP contribution in [0, 0.1) is 6.92 Å². The summed E-state index contributed by atoms with van der Waals surface area (Å²) in [6, 6.07) is 45.9. The molecular formula is C53H47NO. The van der Waals surface area contributed by atoms with Gasteiger partial charge in [0.25, 0.3) is 0 Å². The Bertz CT molecular complexity index is 2780. The Morgan fingerprint density at radius 2 is 1.24 bits per heavy atom. The maximum Gasteiger partial charge on any atom is 0.178 e. The van der Waals surface area contributed by atoms with E-state index < -0.39 is 5.60 Å². The van der Waals surface area contributed by atoms with Gasteiger partial charge in [-0.15, -0.1) is 0 Å². The van der Waals surface area contributed by atoms with Gasteiger partial charge in [0.2, 0.25) is 0 Å². The Morgan fingerprint density at radius 3 is 2.04 bits per heavy atom. The second-order valence-electron chi connectivity index (χ2n) is 17.6. The number of aryl methyl sites for hydroxylation is 1. The summed E-state index contributed by atoms with van der Waals surface area (Å²) in [5.41, 5.74) is 15.8. The van der Waals surface area contributed by atoms with Crippen LogP contribution in [0.25, 0.3) is 49.9 Å². The summed E-state index contributed by atoms with van der Waals surface area (Å²) in [6.45, 7) is 14.0. The molecule has 1 fully saturated rings. The molecule has 0 radical (unpaired) electrons. The van der Waals surface area contributed by atoms with Gasteiger partial charge < -0.3 is 9.64 Å². The molecule has 0 spiro atoms. The molecule has 4 aliphatic rings. The summed E-state index contributed by atoms with van der Waals surface area (Å²) in [7, 11) is 0. The van der Waals surface area contributed by atoms with Gasteiger partial charge in [-0.3, -0.25) is 0 Å². The fourth-order valence-corrected chi connectivity index (χ4v) is 10.8. The monoisotopic (exact) mass is 713 g/mol. The fourth-order valence-electron chi connectivity index (χ4n) is 10.8. The van der Waals surface area contributed by atoms with E-state index in [1.165, 1.54) is 102 Å². The summed E-state index contributed by atoms with van der Waals surface area (Å²) in [4.78, 5) is 2.55. The highest BCUT2D eigenvalue weighted by molar-refractivity contribution is 6.08. The summed E-state index contributed by atoms with van der Waals surface area (Å²) < 4.78 is 7.81. The maximum atomic E-state index is 7.81. The zero-order chi connectivity index (χ0) is 37.3. The quantitative estimate of drug-likeness (QED) is 0.181. The minimum atomic E-state index is -0.835. The Labute approximate surface area is 325 Å². The van der Waals surface area contributed by atoms with Gasteiger partial charge in [0.05, 0.1) is 0 Å². The van der Waals surface area contributed by atoms with Crippen LogP contribution in [0.15, 0.2) is 127 Å². The van der Waals surface area contributed by atoms with Gasteiger partial charge in [-0.05, 0) is 111 Å². The van der Waals surface area contributed by atoms with Crippen molar-refractivity contribution in [2.75, 3.05) is 18.0 Å². The Hall–Kier alpha value is -5.60. The lowest BCUT2D eigenvalue weighted by Gasteiger charge is -2.39. The average Bonchev–Trinajstić information content (AvgIpc) is 3.60. The van der Waals surface area contributed by atoms with Gasteiger partial charge in [0.1, 0.15) is 5.75 Å². The second kappa shape index (κ2) is 11.5. The van der Waals surface area contributed by atoms with Crippen LogP contribution in [0.2, 0.25) is 0 Å². The van der Waals surface area contributed by atoms with E-state index >= 15 is 0 Å². The van der Waals surface area contributed by atoms with Crippen molar-refractivity contribution in [3.05, 3.63) is 172 Å². The summed E-state index contributed by atoms with van der Waals surface area (Å²) in [5.74, 6) is 0.976. The molecule has 0 N–H and O–H groups in total. The van der Waals surface area contributed by atoms with E-state index in [0.29, 0.717) is 0 Å². The molecule has 1 atom stereocenters. The highest BCUT2D eigenvalue weighted by atomic mass is 16.5. The lowest BCUT2D eigenvalue weighted by molar-refractivity contribution is 0.163. The molecule has 1 unspecified atom stereocenters. The fraction of sp³-hybridized carbons (Fsp3) is 0.245. The minimum Gasteiger partial charge on any atom is -0.472 e. The SMILES string of the molecule is Cc1ccc2c(c1)C(C)(C)c1c3c(c4ccccc4c1-2)OC(c1ccc(N2CCCCC2)cc1)(c1ccc2c(c1)C(C)(C)c1ccc4ccccc4c1-2)C=C3. The predicted molar refractivity (Wildman–Crippen MR) is 231 cm³/mol. The average molecular weight is 714 g/mol. The largest absolute Gasteiger partial charge is 0.472 e. The van der Waals surface area contributed by atoms with E-state index in [2.05, 4.69) is 173 Å². The first-order valence-corrected chi connectivity index (χ1v) is 20.3. The van der Waals surface area contributed by atoms with Crippen LogP contribution in [0.4, 0.5) is 5.69 Å². The standard InChI is InChI=1S/C53H47NO/c1-33-17-24-42-45(31-33)52(4,5)49-43-27-28-53(55-50(43)40-16-10-9-15-39(40)48(42)49,35-19-22-37(23-20-35)54-29-11-6-12-30-54)36-21-25-41-46(32-36)51(2,3)44-26-18-34-13-7-8-14-38(34)47(41)44/h7-10,13-28,31-32H,6,11-12,29-30H2,1-5H3. The molecule has 11 rings (SSSR count). The number of hydrogen-bond acceptors (Lipinski definition) is 2. The molecule has 2 aliphatic heterocycles. The molecule has 2 aliphatic carbocycles.